The van der Waals surface area contributed by atoms with Crippen molar-refractivity contribution in [3.8, 4) is 0 Å². The van der Waals surface area contributed by atoms with Crippen LogP contribution >= 0.6 is 12.6 Å². The number of carbonyl (C=O) groups excluding carboxylic acids is 1. The van der Waals surface area contributed by atoms with Crippen LogP contribution in [0.25, 0.3) is 0 Å². The van der Waals surface area contributed by atoms with E-state index in [9.17, 15) is 4.79 Å². The van der Waals surface area contributed by atoms with Crippen molar-refractivity contribution in [2.75, 3.05) is 0 Å². The Bertz CT molecular complexity index is 314. The highest BCUT2D eigenvalue weighted by Crippen LogP contribution is 2.05. The third-order valence-electron chi connectivity index (χ3n) is 1.34. The van der Waals surface area contributed by atoms with Crippen molar-refractivity contribution in [1.82, 2.24) is 15.4 Å². The minimum absolute atomic E-state index is 0.334. The van der Waals surface area contributed by atoms with E-state index in [0.29, 0.717) is 16.4 Å². The lowest BCUT2D eigenvalue weighted by Crippen LogP contribution is -2.30. The molecule has 0 unspecified atom stereocenters. The van der Waals surface area contributed by atoms with Gasteiger partial charge in [0.15, 0.2) is 5.16 Å². The van der Waals surface area contributed by atoms with E-state index >= 15 is 0 Å². The first-order valence-corrected chi connectivity index (χ1v) is 3.63. The van der Waals surface area contributed by atoms with Gasteiger partial charge in [-0.2, -0.15) is 0 Å². The Morgan fingerprint density at radius 3 is 2.92 bits per heavy atom. The number of nitrogens with two attached hydrogens (primary N) is 1. The molecule has 0 saturated carbocycles. The van der Waals surface area contributed by atoms with Crippen LogP contribution in [0.3, 0.4) is 0 Å². The summed E-state index contributed by atoms with van der Waals surface area (Å²) >= 11 is 3.91. The van der Waals surface area contributed by atoms with Crippen LogP contribution < -0.4 is 11.3 Å². The summed E-state index contributed by atoms with van der Waals surface area (Å²) in [5, 5.41) is 0.334. The molecule has 0 atom stereocenters. The lowest BCUT2D eigenvalue weighted by molar-refractivity contribution is 0.0952. The third kappa shape index (κ3) is 1.72. The number of nitrogens with zero attached hydrogens (tertiary/aromatic N) is 2. The molecule has 0 aliphatic heterocycles. The van der Waals surface area contributed by atoms with Gasteiger partial charge in [0, 0.05) is 6.20 Å². The van der Waals surface area contributed by atoms with Gasteiger partial charge in [-0.1, -0.05) is 0 Å². The lowest BCUT2D eigenvalue weighted by atomic mass is 10.2. The van der Waals surface area contributed by atoms with E-state index in [4.69, 9.17) is 5.84 Å². The van der Waals surface area contributed by atoms with Crippen molar-refractivity contribution in [2.24, 2.45) is 5.84 Å². The molecule has 1 amide bonds. The number of nitrogen functional groups attached to an aromatic ring is 1. The van der Waals surface area contributed by atoms with Crippen molar-refractivity contribution in [2.45, 2.75) is 12.1 Å². The highest BCUT2D eigenvalue weighted by Gasteiger charge is 2.08. The Hall–Kier alpha value is -1.14. The van der Waals surface area contributed by atoms with Gasteiger partial charge in [0.1, 0.15) is 0 Å². The molecule has 0 aliphatic carbocycles. The fraction of sp³-hybridized carbons (Fsp3) is 0.167. The molecule has 1 aromatic rings. The first-order valence-electron chi connectivity index (χ1n) is 3.18. The maximum atomic E-state index is 11.0. The quantitative estimate of drug-likeness (QED) is 0.184. The molecule has 1 rings (SSSR count). The van der Waals surface area contributed by atoms with E-state index in [1.807, 2.05) is 5.43 Å². The summed E-state index contributed by atoms with van der Waals surface area (Å²) in [6.07, 6.45) is 1.38. The summed E-state index contributed by atoms with van der Waals surface area (Å²) in [7, 11) is 0. The molecule has 6 heteroatoms. The highest BCUT2D eigenvalue weighted by atomic mass is 32.1. The van der Waals surface area contributed by atoms with Crippen LogP contribution in [-0.4, -0.2) is 15.9 Å². The molecular formula is C6H8N4OS. The number of nitrogens with one attached hydrogen (secondary N) is 1. The number of hydrogen-bond donors (Lipinski definition) is 3. The molecule has 5 nitrogen and oxygen atoms in total. The molecular weight excluding hydrogens is 176 g/mol. The monoisotopic (exact) mass is 184 g/mol. The Balaban J connectivity index is 3.09. The van der Waals surface area contributed by atoms with E-state index in [2.05, 4.69) is 22.6 Å². The SMILES string of the molecule is Cc1nc(S)ncc1C(=O)NN. The van der Waals surface area contributed by atoms with Crippen molar-refractivity contribution in [3.63, 3.8) is 0 Å². The van der Waals surface area contributed by atoms with Gasteiger partial charge >= 0.3 is 0 Å². The van der Waals surface area contributed by atoms with Crippen LogP contribution in [-0.2, 0) is 0 Å². The highest BCUT2D eigenvalue weighted by molar-refractivity contribution is 7.80. The van der Waals surface area contributed by atoms with Gasteiger partial charge in [-0.15, -0.1) is 12.6 Å². The van der Waals surface area contributed by atoms with Crippen LogP contribution in [0.5, 0.6) is 0 Å². The molecule has 1 aromatic heterocycles. The molecule has 0 fully saturated rings. The standard InChI is InChI=1S/C6H8N4OS/c1-3-4(5(11)10-7)2-8-6(12)9-3/h2H,7H2,1H3,(H,10,11)(H,8,9,12). The number of aryl methyl sites for hydroxylation is 1. The molecule has 64 valence electrons. The predicted molar refractivity (Wildman–Crippen MR) is 45.7 cm³/mol. The van der Waals surface area contributed by atoms with Crippen LogP contribution in [0.2, 0.25) is 0 Å². The van der Waals surface area contributed by atoms with Gasteiger partial charge in [0.05, 0.1) is 11.3 Å². The van der Waals surface area contributed by atoms with Crippen molar-refractivity contribution < 1.29 is 4.79 Å². The van der Waals surface area contributed by atoms with E-state index in [-0.39, 0.29) is 0 Å². The zero-order valence-corrected chi connectivity index (χ0v) is 7.30. The second-order valence-electron chi connectivity index (χ2n) is 2.14. The third-order valence-corrected chi connectivity index (χ3v) is 1.56. The van der Waals surface area contributed by atoms with Crippen molar-refractivity contribution >= 4 is 18.5 Å². The molecule has 1 heterocycles. The van der Waals surface area contributed by atoms with E-state index in [1.54, 1.807) is 6.92 Å². The fourth-order valence-corrected chi connectivity index (χ4v) is 0.963. The summed E-state index contributed by atoms with van der Waals surface area (Å²) in [4.78, 5) is 18.6. The van der Waals surface area contributed by atoms with Crippen LogP contribution in [0.15, 0.2) is 11.4 Å². The predicted octanol–water partition coefficient (Wildman–Crippen LogP) is -0.323. The van der Waals surface area contributed by atoms with Gasteiger partial charge < -0.3 is 0 Å². The number of amides is 1. The van der Waals surface area contributed by atoms with E-state index in [0.717, 1.165) is 0 Å². The Morgan fingerprint density at radius 2 is 2.42 bits per heavy atom. The smallest absolute Gasteiger partial charge is 0.268 e. The summed E-state index contributed by atoms with van der Waals surface area (Å²) < 4.78 is 0. The molecule has 0 aromatic carbocycles. The second kappa shape index (κ2) is 3.51. The van der Waals surface area contributed by atoms with Crippen LogP contribution in [0.4, 0.5) is 0 Å². The summed E-state index contributed by atoms with van der Waals surface area (Å²) in [6.45, 7) is 1.69. The largest absolute Gasteiger partial charge is 0.290 e. The number of carbonyl (C=O) groups is 1. The normalized spacial score (nSPS) is 9.58. The molecule has 12 heavy (non-hydrogen) atoms. The zero-order chi connectivity index (χ0) is 9.14. The molecule has 3 N–H and O–H groups in total. The Kier molecular flexibility index (Phi) is 2.61. The van der Waals surface area contributed by atoms with Gasteiger partial charge in [0.2, 0.25) is 0 Å². The molecule has 0 bridgehead atoms. The fourth-order valence-electron chi connectivity index (χ4n) is 0.755. The topological polar surface area (TPSA) is 80.9 Å². The molecule has 0 spiro atoms. The van der Waals surface area contributed by atoms with Crippen molar-refractivity contribution in [3.05, 3.63) is 17.5 Å². The Morgan fingerprint density at radius 1 is 1.75 bits per heavy atom. The molecule has 0 aliphatic rings. The maximum absolute atomic E-state index is 11.0. The first-order chi connectivity index (χ1) is 5.65. The first kappa shape index (κ1) is 8.95. The van der Waals surface area contributed by atoms with E-state index in [1.165, 1.54) is 6.20 Å². The maximum Gasteiger partial charge on any atom is 0.268 e. The van der Waals surface area contributed by atoms with Crippen LogP contribution in [0.1, 0.15) is 16.1 Å². The summed E-state index contributed by atoms with van der Waals surface area (Å²) in [6, 6.07) is 0. The lowest BCUT2D eigenvalue weighted by Gasteiger charge is -2.01. The number of hydrogen-bond acceptors (Lipinski definition) is 5. The summed E-state index contributed by atoms with van der Waals surface area (Å²) in [5.74, 6) is 4.53. The number of aromatic nitrogens is 2. The van der Waals surface area contributed by atoms with Gasteiger partial charge in [-0.05, 0) is 6.92 Å². The second-order valence-corrected chi connectivity index (χ2v) is 2.54. The van der Waals surface area contributed by atoms with Gasteiger partial charge in [-0.25, -0.2) is 15.8 Å². The van der Waals surface area contributed by atoms with E-state index < -0.39 is 5.91 Å². The Labute approximate surface area is 74.8 Å². The average molecular weight is 184 g/mol. The number of thiol groups is 1. The average Bonchev–Trinajstić information content (AvgIpc) is 2.03. The number of rotatable bonds is 1. The van der Waals surface area contributed by atoms with Crippen LogP contribution in [0, 0.1) is 6.92 Å². The minimum Gasteiger partial charge on any atom is -0.290 e. The van der Waals surface area contributed by atoms with Crippen molar-refractivity contribution in [1.29, 1.82) is 0 Å². The van der Waals surface area contributed by atoms with Gasteiger partial charge in [-0.3, -0.25) is 10.2 Å². The molecule has 0 saturated heterocycles. The summed E-state index contributed by atoms with van der Waals surface area (Å²) in [5.41, 5.74) is 2.91. The number of hydrazine groups is 1. The van der Waals surface area contributed by atoms with Gasteiger partial charge in [0.25, 0.3) is 5.91 Å². The molecule has 0 radical (unpaired) electrons. The minimum atomic E-state index is -0.402. The zero-order valence-electron chi connectivity index (χ0n) is 6.40.